The van der Waals surface area contributed by atoms with Crippen molar-refractivity contribution in [1.29, 1.82) is 0 Å². The van der Waals surface area contributed by atoms with Crippen molar-refractivity contribution in [3.05, 3.63) is 29.3 Å². The zero-order valence-corrected chi connectivity index (χ0v) is 13.7. The van der Waals surface area contributed by atoms with Gasteiger partial charge >= 0.3 is 5.97 Å². The Hall–Kier alpha value is -2.90. The largest absolute Gasteiger partial charge is 0.493 e. The van der Waals surface area contributed by atoms with Gasteiger partial charge in [-0.25, -0.2) is 4.68 Å². The number of esters is 1. The van der Waals surface area contributed by atoms with Crippen LogP contribution in [0.3, 0.4) is 0 Å². The summed E-state index contributed by atoms with van der Waals surface area (Å²) in [5.74, 6) is 1.87. The molecule has 0 aliphatic heterocycles. The van der Waals surface area contributed by atoms with Crippen LogP contribution in [0.2, 0.25) is 0 Å². The molecule has 0 radical (unpaired) electrons. The average Bonchev–Trinajstić information content (AvgIpc) is 2.84. The lowest BCUT2D eigenvalue weighted by molar-refractivity contribution is -0.132. The van der Waals surface area contributed by atoms with Crippen LogP contribution >= 0.6 is 0 Å². The molecule has 0 atom stereocenters. The second-order valence-electron chi connectivity index (χ2n) is 4.70. The van der Waals surface area contributed by atoms with Gasteiger partial charge in [-0.05, 0) is 26.0 Å². The summed E-state index contributed by atoms with van der Waals surface area (Å²) in [4.78, 5) is 11.2. The third kappa shape index (κ3) is 3.65. The minimum Gasteiger partial charge on any atom is -0.493 e. The predicted octanol–water partition coefficient (Wildman–Crippen LogP) is 1.72. The van der Waals surface area contributed by atoms with Crippen molar-refractivity contribution in [1.82, 2.24) is 14.9 Å². The first-order valence-electron chi connectivity index (χ1n) is 6.83. The molecular formula is C15H18N4O4. The molecule has 0 aliphatic carbocycles. The van der Waals surface area contributed by atoms with Crippen molar-refractivity contribution in [3.8, 4) is 17.2 Å². The first-order chi connectivity index (χ1) is 11.0. The number of nitrogens with zero attached hydrogens (tertiary/aromatic N) is 4. The minimum absolute atomic E-state index is 0.233. The molecule has 0 spiro atoms. The van der Waals surface area contributed by atoms with E-state index in [4.69, 9.17) is 14.2 Å². The Morgan fingerprint density at radius 1 is 1.13 bits per heavy atom. The van der Waals surface area contributed by atoms with Gasteiger partial charge in [-0.3, -0.25) is 4.79 Å². The average molecular weight is 318 g/mol. The Balaban J connectivity index is 2.42. The first kappa shape index (κ1) is 16.5. The summed E-state index contributed by atoms with van der Waals surface area (Å²) in [5, 5.41) is 12.2. The van der Waals surface area contributed by atoms with Gasteiger partial charge in [-0.1, -0.05) is 0 Å². The molecule has 1 aromatic carbocycles. The van der Waals surface area contributed by atoms with Gasteiger partial charge < -0.3 is 14.2 Å². The van der Waals surface area contributed by atoms with E-state index < -0.39 is 5.97 Å². The molecule has 0 amide bonds. The van der Waals surface area contributed by atoms with E-state index in [1.165, 1.54) is 21.1 Å². The van der Waals surface area contributed by atoms with Crippen LogP contribution < -0.4 is 14.2 Å². The molecule has 0 saturated carbocycles. The molecule has 1 heterocycles. The third-order valence-corrected chi connectivity index (χ3v) is 3.00. The van der Waals surface area contributed by atoms with Crippen LogP contribution in [0.5, 0.6) is 17.2 Å². The van der Waals surface area contributed by atoms with E-state index in [-0.39, 0.29) is 5.75 Å². The van der Waals surface area contributed by atoms with Crippen LogP contribution in [0, 0.1) is 13.8 Å². The van der Waals surface area contributed by atoms with Gasteiger partial charge in [0.2, 0.25) is 5.75 Å². The SMILES string of the molecule is COc1cc(C=Nn2c(C)nnc2C)cc(OC)c1OC(C)=O. The first-order valence-corrected chi connectivity index (χ1v) is 6.83. The summed E-state index contributed by atoms with van der Waals surface area (Å²) in [6.45, 7) is 4.93. The van der Waals surface area contributed by atoms with E-state index in [0.717, 1.165) is 0 Å². The zero-order chi connectivity index (χ0) is 17.0. The lowest BCUT2D eigenvalue weighted by Gasteiger charge is -2.13. The second-order valence-corrected chi connectivity index (χ2v) is 4.70. The van der Waals surface area contributed by atoms with Gasteiger partial charge in [0.15, 0.2) is 23.1 Å². The number of carbonyl (C=O) groups excluding carboxylic acids is 1. The molecule has 0 N–H and O–H groups in total. The Morgan fingerprint density at radius 3 is 2.09 bits per heavy atom. The van der Waals surface area contributed by atoms with E-state index in [1.807, 2.05) is 13.8 Å². The van der Waals surface area contributed by atoms with Crippen LogP contribution in [-0.2, 0) is 4.79 Å². The van der Waals surface area contributed by atoms with E-state index in [2.05, 4.69) is 15.3 Å². The van der Waals surface area contributed by atoms with Gasteiger partial charge in [0.05, 0.1) is 20.4 Å². The fourth-order valence-electron chi connectivity index (χ4n) is 1.97. The summed E-state index contributed by atoms with van der Waals surface area (Å²) in [6.07, 6.45) is 1.62. The Labute approximate surface area is 133 Å². The molecule has 122 valence electrons. The Morgan fingerprint density at radius 2 is 1.65 bits per heavy atom. The molecule has 0 aliphatic rings. The maximum Gasteiger partial charge on any atom is 0.308 e. The standard InChI is InChI=1S/C15H18N4O4/c1-9-17-18-10(2)19(9)16-8-12-6-13(21-4)15(23-11(3)20)14(7-12)22-5/h6-8H,1-5H3. The van der Waals surface area contributed by atoms with Crippen molar-refractivity contribution in [2.24, 2.45) is 5.10 Å². The fraction of sp³-hybridized carbons (Fsp3) is 0.333. The molecule has 2 aromatic rings. The topological polar surface area (TPSA) is 87.8 Å². The van der Waals surface area contributed by atoms with Crippen LogP contribution in [0.4, 0.5) is 0 Å². The molecule has 2 rings (SSSR count). The maximum absolute atomic E-state index is 11.2. The summed E-state index contributed by atoms with van der Waals surface area (Å²) >= 11 is 0. The zero-order valence-electron chi connectivity index (χ0n) is 13.7. The van der Waals surface area contributed by atoms with Crippen LogP contribution in [0.1, 0.15) is 24.1 Å². The van der Waals surface area contributed by atoms with Crippen LogP contribution in [0.25, 0.3) is 0 Å². The smallest absolute Gasteiger partial charge is 0.308 e. The highest BCUT2D eigenvalue weighted by atomic mass is 16.6. The number of ether oxygens (including phenoxy) is 3. The van der Waals surface area contributed by atoms with Crippen LogP contribution in [0.15, 0.2) is 17.2 Å². The number of carbonyl (C=O) groups is 1. The molecule has 23 heavy (non-hydrogen) atoms. The van der Waals surface area contributed by atoms with Crippen LogP contribution in [-0.4, -0.2) is 41.3 Å². The predicted molar refractivity (Wildman–Crippen MR) is 83.3 cm³/mol. The molecule has 0 unspecified atom stereocenters. The monoisotopic (exact) mass is 318 g/mol. The van der Waals surface area contributed by atoms with Gasteiger partial charge in [-0.15, -0.1) is 10.2 Å². The van der Waals surface area contributed by atoms with Crippen molar-refractivity contribution in [2.75, 3.05) is 14.2 Å². The number of hydrogen-bond acceptors (Lipinski definition) is 7. The van der Waals surface area contributed by atoms with Crippen molar-refractivity contribution in [3.63, 3.8) is 0 Å². The highest BCUT2D eigenvalue weighted by Gasteiger charge is 2.15. The number of hydrogen-bond donors (Lipinski definition) is 0. The fourth-order valence-corrected chi connectivity index (χ4v) is 1.97. The van der Waals surface area contributed by atoms with Crippen molar-refractivity contribution < 1.29 is 19.0 Å². The third-order valence-electron chi connectivity index (χ3n) is 3.00. The van der Waals surface area contributed by atoms with Crippen molar-refractivity contribution >= 4 is 12.2 Å². The van der Waals surface area contributed by atoms with Gasteiger partial charge in [0.1, 0.15) is 0 Å². The second kappa shape index (κ2) is 6.91. The molecule has 0 fully saturated rings. The van der Waals surface area contributed by atoms with E-state index in [9.17, 15) is 4.79 Å². The van der Waals surface area contributed by atoms with E-state index in [0.29, 0.717) is 28.7 Å². The Kier molecular flexibility index (Phi) is 4.95. The summed E-state index contributed by atoms with van der Waals surface area (Å²) in [6, 6.07) is 3.39. The molecular weight excluding hydrogens is 300 g/mol. The number of aromatic nitrogens is 3. The lowest BCUT2D eigenvalue weighted by Crippen LogP contribution is -2.05. The van der Waals surface area contributed by atoms with Gasteiger partial charge in [-0.2, -0.15) is 5.10 Å². The highest BCUT2D eigenvalue weighted by molar-refractivity contribution is 5.83. The maximum atomic E-state index is 11.2. The number of rotatable bonds is 5. The van der Waals surface area contributed by atoms with Gasteiger partial charge in [0.25, 0.3) is 0 Å². The number of aryl methyl sites for hydroxylation is 2. The number of benzene rings is 1. The molecule has 0 bridgehead atoms. The quantitative estimate of drug-likeness (QED) is 0.474. The van der Waals surface area contributed by atoms with Gasteiger partial charge in [0, 0.05) is 12.5 Å². The molecule has 8 nitrogen and oxygen atoms in total. The summed E-state index contributed by atoms with van der Waals surface area (Å²) in [5.41, 5.74) is 0.710. The molecule has 8 heteroatoms. The van der Waals surface area contributed by atoms with E-state index >= 15 is 0 Å². The van der Waals surface area contributed by atoms with Crippen molar-refractivity contribution in [2.45, 2.75) is 20.8 Å². The molecule has 0 saturated heterocycles. The minimum atomic E-state index is -0.459. The highest BCUT2D eigenvalue weighted by Crippen LogP contribution is 2.38. The van der Waals surface area contributed by atoms with E-state index in [1.54, 1.807) is 23.0 Å². The summed E-state index contributed by atoms with van der Waals surface area (Å²) in [7, 11) is 2.97. The normalized spacial score (nSPS) is 10.8. The lowest BCUT2D eigenvalue weighted by atomic mass is 10.2. The summed E-state index contributed by atoms with van der Waals surface area (Å²) < 4.78 is 17.3. The number of methoxy groups -OCH3 is 2. The molecule has 1 aromatic heterocycles. The Bertz CT molecular complexity index is 707.